The maximum atomic E-state index is 12.4. The number of hydrogen-bond donors (Lipinski definition) is 2. The Labute approximate surface area is 168 Å². The zero-order chi connectivity index (χ0) is 20.5. The molecule has 4 rings (SSSR count). The lowest BCUT2D eigenvalue weighted by Crippen LogP contribution is -2.23. The maximum absolute atomic E-state index is 12.4. The highest BCUT2D eigenvalue weighted by Crippen LogP contribution is 2.29. The van der Waals surface area contributed by atoms with E-state index in [0.29, 0.717) is 16.4 Å². The molecule has 29 heavy (non-hydrogen) atoms. The molecule has 2 aromatic carbocycles. The van der Waals surface area contributed by atoms with E-state index in [2.05, 4.69) is 20.7 Å². The van der Waals surface area contributed by atoms with E-state index in [1.807, 2.05) is 0 Å². The Kier molecular flexibility index (Phi) is 4.69. The summed E-state index contributed by atoms with van der Waals surface area (Å²) >= 11 is 5.88. The van der Waals surface area contributed by atoms with Gasteiger partial charge in [-0.3, -0.25) is 25.0 Å². The first-order chi connectivity index (χ1) is 13.9. The van der Waals surface area contributed by atoms with Crippen LogP contribution in [0.5, 0.6) is 0 Å². The van der Waals surface area contributed by atoms with Crippen molar-refractivity contribution < 1.29 is 14.5 Å². The van der Waals surface area contributed by atoms with Crippen LogP contribution in [0.1, 0.15) is 12.5 Å². The van der Waals surface area contributed by atoms with Crippen LogP contribution in [-0.4, -0.2) is 31.5 Å². The number of fused-ring (bicyclic) bond motifs is 1. The predicted molar refractivity (Wildman–Crippen MR) is 104 cm³/mol. The highest BCUT2D eigenvalue weighted by Gasteiger charge is 2.35. The molecule has 0 saturated heterocycles. The van der Waals surface area contributed by atoms with Crippen LogP contribution < -0.4 is 10.6 Å². The number of non-ortho nitro benzene ring substituents is 1. The Balaban J connectivity index is 1.51. The minimum atomic E-state index is -0.878. The van der Waals surface area contributed by atoms with Gasteiger partial charge in [0.25, 0.3) is 11.6 Å². The van der Waals surface area contributed by atoms with Gasteiger partial charge in [-0.1, -0.05) is 17.7 Å². The molecule has 0 radical (unpaired) electrons. The molecule has 0 spiro atoms. The highest BCUT2D eigenvalue weighted by atomic mass is 35.5. The highest BCUT2D eigenvalue weighted by molar-refractivity contribution is 6.30. The largest absolute Gasteiger partial charge is 0.326 e. The van der Waals surface area contributed by atoms with E-state index in [1.54, 1.807) is 24.3 Å². The Morgan fingerprint density at radius 3 is 2.76 bits per heavy atom. The summed E-state index contributed by atoms with van der Waals surface area (Å²) in [6, 6.07) is 11.6. The fourth-order valence-corrected chi connectivity index (χ4v) is 3.04. The lowest BCUT2D eigenvalue weighted by molar-refractivity contribution is -0.384. The predicted octanol–water partition coefficient (Wildman–Crippen LogP) is 3.03. The first-order valence-corrected chi connectivity index (χ1v) is 8.86. The fraction of sp³-hybridized carbons (Fsp3) is 0.111. The number of nitrogens with zero attached hydrogens (tertiary/aromatic N) is 4. The molecule has 10 nitrogen and oxygen atoms in total. The molecule has 146 valence electrons. The van der Waals surface area contributed by atoms with Gasteiger partial charge in [-0.2, -0.15) is 4.98 Å². The van der Waals surface area contributed by atoms with Crippen LogP contribution in [0.25, 0.3) is 11.4 Å². The number of anilines is 2. The molecule has 3 aromatic rings. The normalized spacial score (nSPS) is 14.9. The number of carbonyl (C=O) groups is 2. The van der Waals surface area contributed by atoms with Gasteiger partial charge in [0.15, 0.2) is 5.82 Å². The molecule has 2 amide bonds. The Bertz CT molecular complexity index is 1130. The Morgan fingerprint density at radius 1 is 1.28 bits per heavy atom. The number of benzene rings is 2. The quantitative estimate of drug-likeness (QED) is 0.489. The first kappa shape index (κ1) is 18.6. The molecule has 0 saturated carbocycles. The summed E-state index contributed by atoms with van der Waals surface area (Å²) in [7, 11) is 0. The molecule has 1 aliphatic heterocycles. The minimum Gasteiger partial charge on any atom is -0.326 e. The molecular formula is C18H13ClN6O4. The molecular weight excluding hydrogens is 400 g/mol. The first-order valence-electron chi connectivity index (χ1n) is 8.48. The number of carbonyl (C=O) groups excluding carboxylic acids is 2. The molecule has 1 aliphatic rings. The number of nitro benzene ring substituents is 1. The van der Waals surface area contributed by atoms with Crippen LogP contribution in [0.2, 0.25) is 5.02 Å². The van der Waals surface area contributed by atoms with E-state index in [-0.39, 0.29) is 23.7 Å². The van der Waals surface area contributed by atoms with E-state index in [1.165, 1.54) is 28.9 Å². The topological polar surface area (TPSA) is 132 Å². The molecule has 0 bridgehead atoms. The molecule has 0 unspecified atom stereocenters. The third kappa shape index (κ3) is 3.78. The van der Waals surface area contributed by atoms with Crippen molar-refractivity contribution >= 4 is 40.7 Å². The SMILES string of the molecule is O=C(C[C@H]1C(=O)Nc2nc(-c3ccc(Cl)cc3)nn21)Nc1cccc([N+](=O)[O-])c1. The van der Waals surface area contributed by atoms with Crippen LogP contribution in [0.3, 0.4) is 0 Å². The van der Waals surface area contributed by atoms with E-state index in [0.717, 1.165) is 0 Å². The third-order valence-corrected chi connectivity index (χ3v) is 4.54. The van der Waals surface area contributed by atoms with E-state index in [9.17, 15) is 19.7 Å². The Hall–Kier alpha value is -3.79. The van der Waals surface area contributed by atoms with Gasteiger partial charge in [0.2, 0.25) is 11.9 Å². The zero-order valence-corrected chi connectivity index (χ0v) is 15.5. The third-order valence-electron chi connectivity index (χ3n) is 4.29. The summed E-state index contributed by atoms with van der Waals surface area (Å²) in [5, 5.41) is 20.9. The van der Waals surface area contributed by atoms with E-state index < -0.39 is 22.8 Å². The van der Waals surface area contributed by atoms with Gasteiger partial charge in [-0.25, -0.2) is 4.68 Å². The van der Waals surface area contributed by atoms with Crippen molar-refractivity contribution in [1.82, 2.24) is 14.8 Å². The van der Waals surface area contributed by atoms with Crippen LogP contribution in [-0.2, 0) is 9.59 Å². The second kappa shape index (κ2) is 7.32. The summed E-state index contributed by atoms with van der Waals surface area (Å²) in [4.78, 5) is 39.2. The maximum Gasteiger partial charge on any atom is 0.271 e. The molecule has 1 aromatic heterocycles. The van der Waals surface area contributed by atoms with Crippen molar-refractivity contribution in [2.45, 2.75) is 12.5 Å². The molecule has 2 heterocycles. The number of nitrogens with one attached hydrogen (secondary N) is 2. The molecule has 11 heteroatoms. The Morgan fingerprint density at radius 2 is 2.03 bits per heavy atom. The van der Waals surface area contributed by atoms with Crippen molar-refractivity contribution in [2.24, 2.45) is 0 Å². The molecule has 2 N–H and O–H groups in total. The van der Waals surface area contributed by atoms with Crippen molar-refractivity contribution in [2.75, 3.05) is 10.6 Å². The lowest BCUT2D eigenvalue weighted by Gasteiger charge is -2.10. The molecule has 0 aliphatic carbocycles. The summed E-state index contributed by atoms with van der Waals surface area (Å²) in [6.07, 6.45) is -0.203. The van der Waals surface area contributed by atoms with Gasteiger partial charge in [-0.15, -0.1) is 5.10 Å². The van der Waals surface area contributed by atoms with Gasteiger partial charge >= 0.3 is 0 Å². The van der Waals surface area contributed by atoms with E-state index >= 15 is 0 Å². The van der Waals surface area contributed by atoms with Gasteiger partial charge in [0, 0.05) is 28.4 Å². The van der Waals surface area contributed by atoms with Gasteiger partial charge in [-0.05, 0) is 30.3 Å². The number of hydrogen-bond acceptors (Lipinski definition) is 6. The summed E-state index contributed by atoms with van der Waals surface area (Å²) in [5.41, 5.74) is 0.834. The molecule has 0 fully saturated rings. The van der Waals surface area contributed by atoms with Crippen LogP contribution in [0.4, 0.5) is 17.3 Å². The standard InChI is InChI=1S/C18H13ClN6O4/c19-11-6-4-10(5-7-11)16-21-18-22-17(27)14(24(18)23-16)9-15(26)20-12-2-1-3-13(8-12)25(28)29/h1-8,14H,9H2,(H,20,26)(H,21,22,23,27)/t14-/m0/s1. The van der Waals surface area contributed by atoms with Crippen molar-refractivity contribution in [3.8, 4) is 11.4 Å². The fourth-order valence-electron chi connectivity index (χ4n) is 2.92. The second-order valence-electron chi connectivity index (χ2n) is 6.28. The van der Waals surface area contributed by atoms with Crippen molar-refractivity contribution in [3.63, 3.8) is 0 Å². The molecule has 1 atom stereocenters. The number of amides is 2. The van der Waals surface area contributed by atoms with Crippen molar-refractivity contribution in [3.05, 3.63) is 63.7 Å². The zero-order valence-electron chi connectivity index (χ0n) is 14.7. The number of aromatic nitrogens is 3. The number of rotatable bonds is 5. The average molecular weight is 413 g/mol. The van der Waals surface area contributed by atoms with Gasteiger partial charge < -0.3 is 5.32 Å². The minimum absolute atomic E-state index is 0.146. The summed E-state index contributed by atoms with van der Waals surface area (Å²) < 4.78 is 1.36. The van der Waals surface area contributed by atoms with Gasteiger partial charge in [0.05, 0.1) is 11.3 Å². The number of nitro groups is 1. The number of halogens is 1. The lowest BCUT2D eigenvalue weighted by atomic mass is 10.2. The monoisotopic (exact) mass is 412 g/mol. The second-order valence-corrected chi connectivity index (χ2v) is 6.71. The van der Waals surface area contributed by atoms with Crippen LogP contribution in [0.15, 0.2) is 48.5 Å². The van der Waals surface area contributed by atoms with Crippen molar-refractivity contribution in [1.29, 1.82) is 0 Å². The van der Waals surface area contributed by atoms with Gasteiger partial charge in [0.1, 0.15) is 6.04 Å². The van der Waals surface area contributed by atoms with Crippen LogP contribution in [0, 0.1) is 10.1 Å². The van der Waals surface area contributed by atoms with E-state index in [4.69, 9.17) is 11.6 Å². The average Bonchev–Trinajstić information content (AvgIpc) is 3.21. The summed E-state index contributed by atoms with van der Waals surface area (Å²) in [6.45, 7) is 0. The summed E-state index contributed by atoms with van der Waals surface area (Å²) in [5.74, 6) is -0.257. The smallest absolute Gasteiger partial charge is 0.271 e. The van der Waals surface area contributed by atoms with Crippen LogP contribution >= 0.6 is 11.6 Å².